The standard InChI is InChI=1S/C18H18F3N5O/c19-18(20,21)13-5-6-14(27-10-11-3-1-7-22-9-11)24-16(13)15-12-4-2-8-23-17(12)26-25-15/h2,4-6,8,11,22H,1,3,7,9-10H2,(H,23,25,26). The Labute approximate surface area is 153 Å². The third-order valence-electron chi connectivity index (χ3n) is 4.61. The zero-order chi connectivity index (χ0) is 18.9. The number of halogens is 3. The number of aromatic amines is 1. The van der Waals surface area contributed by atoms with Crippen molar-refractivity contribution in [3.63, 3.8) is 0 Å². The maximum Gasteiger partial charge on any atom is 0.418 e. The SMILES string of the molecule is FC(F)(F)c1ccc(OCC2CCCNC2)nc1-c1[nH]nc2ncccc12. The molecule has 3 aromatic rings. The van der Waals surface area contributed by atoms with Crippen molar-refractivity contribution < 1.29 is 17.9 Å². The second-order valence-electron chi connectivity index (χ2n) is 6.54. The normalized spacial score (nSPS) is 18.0. The molecule has 142 valence electrons. The molecule has 6 nitrogen and oxygen atoms in total. The summed E-state index contributed by atoms with van der Waals surface area (Å²) in [4.78, 5) is 8.20. The topological polar surface area (TPSA) is 75.7 Å². The van der Waals surface area contributed by atoms with Crippen LogP contribution < -0.4 is 10.1 Å². The molecule has 3 aromatic heterocycles. The summed E-state index contributed by atoms with van der Waals surface area (Å²) in [7, 11) is 0. The lowest BCUT2D eigenvalue weighted by Gasteiger charge is -2.22. The van der Waals surface area contributed by atoms with E-state index in [-0.39, 0.29) is 17.3 Å². The molecule has 0 saturated carbocycles. The highest BCUT2D eigenvalue weighted by atomic mass is 19.4. The molecular weight excluding hydrogens is 359 g/mol. The van der Waals surface area contributed by atoms with Gasteiger partial charge in [0, 0.05) is 30.1 Å². The molecule has 2 N–H and O–H groups in total. The summed E-state index contributed by atoms with van der Waals surface area (Å²) in [5.41, 5.74) is -0.571. The van der Waals surface area contributed by atoms with Gasteiger partial charge in [0.25, 0.3) is 0 Å². The molecule has 1 atom stereocenters. The third kappa shape index (κ3) is 3.73. The van der Waals surface area contributed by atoms with E-state index in [4.69, 9.17) is 4.74 Å². The van der Waals surface area contributed by atoms with E-state index in [1.54, 1.807) is 12.1 Å². The largest absolute Gasteiger partial charge is 0.477 e. The number of H-pyrrole nitrogens is 1. The molecule has 1 fully saturated rings. The van der Waals surface area contributed by atoms with Crippen molar-refractivity contribution in [2.24, 2.45) is 5.92 Å². The Morgan fingerprint density at radius 3 is 2.89 bits per heavy atom. The van der Waals surface area contributed by atoms with Crippen LogP contribution in [0, 0.1) is 5.92 Å². The number of fused-ring (bicyclic) bond motifs is 1. The number of rotatable bonds is 4. The average Bonchev–Trinajstić information content (AvgIpc) is 3.10. The van der Waals surface area contributed by atoms with E-state index in [2.05, 4.69) is 25.5 Å². The van der Waals surface area contributed by atoms with Gasteiger partial charge in [-0.3, -0.25) is 5.10 Å². The van der Waals surface area contributed by atoms with Crippen LogP contribution in [0.1, 0.15) is 18.4 Å². The minimum atomic E-state index is -4.55. The molecule has 1 saturated heterocycles. The van der Waals surface area contributed by atoms with Gasteiger partial charge in [-0.15, -0.1) is 0 Å². The predicted octanol–water partition coefficient (Wildman–Crippen LogP) is 3.42. The Morgan fingerprint density at radius 2 is 2.11 bits per heavy atom. The van der Waals surface area contributed by atoms with Gasteiger partial charge in [-0.05, 0) is 37.6 Å². The molecule has 9 heteroatoms. The first-order valence-corrected chi connectivity index (χ1v) is 8.73. The summed E-state index contributed by atoms with van der Waals surface area (Å²) in [5.74, 6) is 0.485. The van der Waals surface area contributed by atoms with Crippen molar-refractivity contribution in [2.45, 2.75) is 19.0 Å². The number of alkyl halides is 3. The van der Waals surface area contributed by atoms with Gasteiger partial charge >= 0.3 is 6.18 Å². The lowest BCUT2D eigenvalue weighted by atomic mass is 10.0. The van der Waals surface area contributed by atoms with Crippen LogP contribution in [-0.4, -0.2) is 39.9 Å². The summed E-state index contributed by atoms with van der Waals surface area (Å²) in [5, 5.41) is 10.4. The average molecular weight is 377 g/mol. The van der Waals surface area contributed by atoms with Crippen molar-refractivity contribution in [3.8, 4) is 17.3 Å². The smallest absolute Gasteiger partial charge is 0.418 e. The summed E-state index contributed by atoms with van der Waals surface area (Å²) < 4.78 is 46.2. The molecule has 0 aromatic carbocycles. The van der Waals surface area contributed by atoms with Crippen LogP contribution in [0.5, 0.6) is 5.88 Å². The van der Waals surface area contributed by atoms with Crippen LogP contribution in [0.3, 0.4) is 0 Å². The summed E-state index contributed by atoms with van der Waals surface area (Å²) >= 11 is 0. The fraction of sp³-hybridized carbons (Fsp3) is 0.389. The van der Waals surface area contributed by atoms with Crippen molar-refractivity contribution in [3.05, 3.63) is 36.0 Å². The van der Waals surface area contributed by atoms with Crippen molar-refractivity contribution in [1.82, 2.24) is 25.5 Å². The maximum atomic E-state index is 13.5. The minimum Gasteiger partial charge on any atom is -0.477 e. The molecule has 1 aliphatic rings. The number of hydrogen-bond acceptors (Lipinski definition) is 5. The summed E-state index contributed by atoms with van der Waals surface area (Å²) in [6.07, 6.45) is -0.930. The molecule has 0 amide bonds. The monoisotopic (exact) mass is 377 g/mol. The maximum absolute atomic E-state index is 13.5. The van der Waals surface area contributed by atoms with Gasteiger partial charge in [-0.2, -0.15) is 18.3 Å². The van der Waals surface area contributed by atoms with Crippen LogP contribution in [0.4, 0.5) is 13.2 Å². The molecule has 1 aliphatic heterocycles. The van der Waals surface area contributed by atoms with Crippen LogP contribution in [0.25, 0.3) is 22.4 Å². The van der Waals surface area contributed by atoms with Gasteiger partial charge in [-0.25, -0.2) is 9.97 Å². The molecular formula is C18H18F3N5O. The van der Waals surface area contributed by atoms with E-state index in [1.165, 1.54) is 12.3 Å². The zero-order valence-electron chi connectivity index (χ0n) is 14.4. The lowest BCUT2D eigenvalue weighted by molar-refractivity contribution is -0.137. The number of ether oxygens (including phenoxy) is 1. The molecule has 4 heterocycles. The van der Waals surface area contributed by atoms with Crippen LogP contribution >= 0.6 is 0 Å². The highest BCUT2D eigenvalue weighted by molar-refractivity contribution is 5.90. The van der Waals surface area contributed by atoms with Crippen molar-refractivity contribution in [1.29, 1.82) is 0 Å². The summed E-state index contributed by atoms with van der Waals surface area (Å²) in [6, 6.07) is 5.56. The van der Waals surface area contributed by atoms with E-state index in [0.717, 1.165) is 32.0 Å². The Morgan fingerprint density at radius 1 is 1.22 bits per heavy atom. The van der Waals surface area contributed by atoms with Gasteiger partial charge in [0.2, 0.25) is 5.88 Å². The summed E-state index contributed by atoms with van der Waals surface area (Å²) in [6.45, 7) is 2.24. The second-order valence-corrected chi connectivity index (χ2v) is 6.54. The Hall–Kier alpha value is -2.68. The Balaban J connectivity index is 1.69. The highest BCUT2D eigenvalue weighted by Gasteiger charge is 2.36. The number of nitrogens with zero attached hydrogens (tertiary/aromatic N) is 3. The van der Waals surface area contributed by atoms with E-state index >= 15 is 0 Å². The molecule has 0 radical (unpaired) electrons. The van der Waals surface area contributed by atoms with Gasteiger partial charge in [0.05, 0.1) is 17.9 Å². The highest BCUT2D eigenvalue weighted by Crippen LogP contribution is 2.38. The number of piperidine rings is 1. The molecule has 1 unspecified atom stereocenters. The van der Waals surface area contributed by atoms with Gasteiger partial charge in [0.1, 0.15) is 5.69 Å². The van der Waals surface area contributed by atoms with E-state index < -0.39 is 11.7 Å². The van der Waals surface area contributed by atoms with Gasteiger partial charge in [0.15, 0.2) is 5.65 Å². The molecule has 0 spiro atoms. The van der Waals surface area contributed by atoms with E-state index in [9.17, 15) is 13.2 Å². The van der Waals surface area contributed by atoms with Crippen LogP contribution in [0.2, 0.25) is 0 Å². The third-order valence-corrected chi connectivity index (χ3v) is 4.61. The number of aromatic nitrogens is 4. The van der Waals surface area contributed by atoms with E-state index in [0.29, 0.717) is 23.6 Å². The second kappa shape index (κ2) is 7.15. The Bertz CT molecular complexity index is 934. The quantitative estimate of drug-likeness (QED) is 0.729. The predicted molar refractivity (Wildman–Crippen MR) is 93.2 cm³/mol. The molecule has 4 rings (SSSR count). The fourth-order valence-electron chi connectivity index (χ4n) is 3.24. The number of hydrogen-bond donors (Lipinski definition) is 2. The van der Waals surface area contributed by atoms with Crippen LogP contribution in [0.15, 0.2) is 30.5 Å². The van der Waals surface area contributed by atoms with Gasteiger partial charge < -0.3 is 10.1 Å². The lowest BCUT2D eigenvalue weighted by Crippen LogP contribution is -2.33. The molecule has 0 aliphatic carbocycles. The zero-order valence-corrected chi connectivity index (χ0v) is 14.4. The van der Waals surface area contributed by atoms with E-state index in [1.807, 2.05) is 0 Å². The molecule has 27 heavy (non-hydrogen) atoms. The van der Waals surface area contributed by atoms with Crippen molar-refractivity contribution >= 4 is 11.0 Å². The number of pyridine rings is 2. The van der Waals surface area contributed by atoms with Crippen molar-refractivity contribution in [2.75, 3.05) is 19.7 Å². The molecule has 0 bridgehead atoms. The number of nitrogens with one attached hydrogen (secondary N) is 2. The first-order valence-electron chi connectivity index (χ1n) is 8.73. The fourth-order valence-corrected chi connectivity index (χ4v) is 3.24. The first-order chi connectivity index (χ1) is 13.0. The van der Waals surface area contributed by atoms with Gasteiger partial charge in [-0.1, -0.05) is 0 Å². The Kier molecular flexibility index (Phi) is 4.69. The minimum absolute atomic E-state index is 0.162. The van der Waals surface area contributed by atoms with Crippen LogP contribution in [-0.2, 0) is 6.18 Å². The first kappa shape index (κ1) is 17.7.